The molecule has 0 unspecified atom stereocenters. The zero-order valence-electron chi connectivity index (χ0n) is 21.2. The number of aliphatic hydroxyl groups is 2. The van der Waals surface area contributed by atoms with Gasteiger partial charge in [-0.3, -0.25) is 4.79 Å². The number of likely N-dealkylation sites (tertiary alicyclic amines) is 1. The van der Waals surface area contributed by atoms with Crippen molar-refractivity contribution < 1.29 is 29.4 Å². The monoisotopic (exact) mass is 488 g/mol. The number of hydrogen-bond donors (Lipinski definition) is 2. The molecule has 0 aromatic heterocycles. The Morgan fingerprint density at radius 1 is 1.11 bits per heavy atom. The zero-order chi connectivity index (χ0) is 25.0. The van der Waals surface area contributed by atoms with Gasteiger partial charge >= 0.3 is 5.97 Å². The molecule has 1 amide bonds. The van der Waals surface area contributed by atoms with E-state index in [2.05, 4.69) is 25.1 Å². The third kappa shape index (κ3) is 4.10. The number of ether oxygens (including phenoxy) is 1. The van der Waals surface area contributed by atoms with Crippen LogP contribution in [-0.2, 0) is 19.2 Å². The highest BCUT2D eigenvalue weighted by atomic mass is 16.6. The van der Waals surface area contributed by atoms with Gasteiger partial charge in [0.05, 0.1) is 25.0 Å². The van der Waals surface area contributed by atoms with Gasteiger partial charge in [-0.1, -0.05) is 24.6 Å². The number of esters is 1. The Morgan fingerprint density at radius 2 is 1.91 bits per heavy atom. The lowest BCUT2D eigenvalue weighted by molar-refractivity contribution is -0.152. The summed E-state index contributed by atoms with van der Waals surface area (Å²) in [5, 5.41) is 24.8. The summed E-state index contributed by atoms with van der Waals surface area (Å²) in [6.07, 6.45) is 9.99. The second-order valence-corrected chi connectivity index (χ2v) is 12.0. The maximum atomic E-state index is 12.6. The van der Waals surface area contributed by atoms with Crippen LogP contribution in [0.2, 0.25) is 0 Å². The summed E-state index contributed by atoms with van der Waals surface area (Å²) in [6.45, 7) is 4.58. The van der Waals surface area contributed by atoms with E-state index in [0.29, 0.717) is 17.8 Å². The highest BCUT2D eigenvalue weighted by Gasteiger charge is 2.58. The minimum Gasteiger partial charge on any atom is -0.467 e. The molecule has 0 spiro atoms. The van der Waals surface area contributed by atoms with Crippen molar-refractivity contribution in [3.63, 3.8) is 0 Å². The fourth-order valence-corrected chi connectivity index (χ4v) is 8.32. The topological polar surface area (TPSA) is 109 Å². The van der Waals surface area contributed by atoms with Crippen molar-refractivity contribution in [1.82, 2.24) is 4.90 Å². The highest BCUT2D eigenvalue weighted by Crippen LogP contribution is 2.65. The summed E-state index contributed by atoms with van der Waals surface area (Å²) >= 11 is 0. The molecule has 8 nitrogen and oxygen atoms in total. The highest BCUT2D eigenvalue weighted by molar-refractivity contribution is 5.96. The second kappa shape index (κ2) is 9.18. The number of nitrogens with zero attached hydrogens (tertiary/aromatic N) is 2. The number of fused-ring (bicyclic) bond motifs is 5. The molecule has 1 aliphatic heterocycles. The molecule has 35 heavy (non-hydrogen) atoms. The second-order valence-electron chi connectivity index (χ2n) is 12.0. The van der Waals surface area contributed by atoms with Crippen molar-refractivity contribution in [2.24, 2.45) is 33.7 Å². The molecule has 3 saturated carbocycles. The quantitative estimate of drug-likeness (QED) is 0.465. The third-order valence-electron chi connectivity index (χ3n) is 10.4. The van der Waals surface area contributed by atoms with Crippen LogP contribution in [0.15, 0.2) is 16.8 Å². The Morgan fingerprint density at radius 3 is 2.69 bits per heavy atom. The van der Waals surface area contributed by atoms with Crippen LogP contribution in [0, 0.1) is 28.6 Å². The SMILES string of the molecule is COC(=O)[C@H]1C[C@@H](O)CN1C(=O)CO/N=C1\C=C2CC[C@H]3[C@@H]4CC[C@H](O)[C@@]4(C)CC[C@@H]3[C@@]2(C)CC1. The first-order chi connectivity index (χ1) is 16.7. The Balaban J connectivity index is 1.23. The Bertz CT molecular complexity index is 933. The minimum atomic E-state index is -0.773. The van der Waals surface area contributed by atoms with Gasteiger partial charge in [0.25, 0.3) is 5.91 Å². The van der Waals surface area contributed by atoms with E-state index in [1.807, 2.05) is 0 Å². The molecule has 194 valence electrons. The smallest absolute Gasteiger partial charge is 0.328 e. The summed E-state index contributed by atoms with van der Waals surface area (Å²) in [5.41, 5.74) is 2.59. The molecule has 0 radical (unpaired) electrons. The van der Waals surface area contributed by atoms with E-state index in [0.717, 1.165) is 44.2 Å². The molecule has 5 rings (SSSR count). The van der Waals surface area contributed by atoms with Gasteiger partial charge in [0.1, 0.15) is 6.04 Å². The number of allylic oxidation sites excluding steroid dienone is 2. The number of carbonyl (C=O) groups is 2. The molecule has 0 bridgehead atoms. The zero-order valence-corrected chi connectivity index (χ0v) is 21.2. The van der Waals surface area contributed by atoms with Crippen LogP contribution in [0.3, 0.4) is 0 Å². The summed E-state index contributed by atoms with van der Waals surface area (Å²) in [7, 11) is 1.28. The first kappa shape index (κ1) is 24.8. The predicted octanol–water partition coefficient (Wildman–Crippen LogP) is 2.82. The molecule has 5 aliphatic rings. The van der Waals surface area contributed by atoms with Crippen LogP contribution < -0.4 is 0 Å². The van der Waals surface area contributed by atoms with Gasteiger partial charge in [0, 0.05) is 13.0 Å². The minimum absolute atomic E-state index is 0.0959. The molecular weight excluding hydrogens is 448 g/mol. The fraction of sp³-hybridized carbons (Fsp3) is 0.815. The van der Waals surface area contributed by atoms with Crippen LogP contribution >= 0.6 is 0 Å². The average Bonchev–Trinajstić information content (AvgIpc) is 3.38. The van der Waals surface area contributed by atoms with Crippen molar-refractivity contribution >= 4 is 17.6 Å². The molecular formula is C27H40N2O6. The van der Waals surface area contributed by atoms with E-state index in [4.69, 9.17) is 9.57 Å². The van der Waals surface area contributed by atoms with Crippen molar-refractivity contribution in [2.75, 3.05) is 20.3 Å². The lowest BCUT2D eigenvalue weighted by Crippen LogP contribution is -2.51. The van der Waals surface area contributed by atoms with Gasteiger partial charge < -0.3 is 24.7 Å². The Labute approximate surface area is 207 Å². The number of oxime groups is 1. The largest absolute Gasteiger partial charge is 0.467 e. The summed E-state index contributed by atoms with van der Waals surface area (Å²) < 4.78 is 4.76. The van der Waals surface area contributed by atoms with Crippen LogP contribution in [0.25, 0.3) is 0 Å². The first-order valence-electron chi connectivity index (χ1n) is 13.3. The molecule has 1 heterocycles. The van der Waals surface area contributed by atoms with Gasteiger partial charge in [-0.15, -0.1) is 0 Å². The summed E-state index contributed by atoms with van der Waals surface area (Å²) in [4.78, 5) is 31.3. The van der Waals surface area contributed by atoms with Crippen molar-refractivity contribution in [1.29, 1.82) is 0 Å². The van der Waals surface area contributed by atoms with Crippen molar-refractivity contribution in [3.05, 3.63) is 11.6 Å². The number of rotatable bonds is 4. The predicted molar refractivity (Wildman–Crippen MR) is 129 cm³/mol. The lowest BCUT2D eigenvalue weighted by Gasteiger charge is -2.57. The van der Waals surface area contributed by atoms with E-state index < -0.39 is 18.1 Å². The number of hydrogen-bond acceptors (Lipinski definition) is 7. The van der Waals surface area contributed by atoms with Gasteiger partial charge in [0.15, 0.2) is 6.61 Å². The normalized spacial score (nSPS) is 43.7. The van der Waals surface area contributed by atoms with Gasteiger partial charge in [-0.2, -0.15) is 0 Å². The van der Waals surface area contributed by atoms with Crippen molar-refractivity contribution in [3.8, 4) is 0 Å². The summed E-state index contributed by atoms with van der Waals surface area (Å²) in [5.74, 6) is 1.09. The van der Waals surface area contributed by atoms with Gasteiger partial charge in [0.2, 0.25) is 0 Å². The third-order valence-corrected chi connectivity index (χ3v) is 10.4. The average molecular weight is 489 g/mol. The maximum Gasteiger partial charge on any atom is 0.328 e. The number of aliphatic hydroxyl groups excluding tert-OH is 2. The van der Waals surface area contributed by atoms with E-state index in [-0.39, 0.29) is 42.4 Å². The molecule has 4 fully saturated rings. The molecule has 8 atom stereocenters. The van der Waals surface area contributed by atoms with Crippen LogP contribution in [-0.4, -0.2) is 71.2 Å². The Kier molecular flexibility index (Phi) is 6.49. The molecule has 0 aromatic rings. The van der Waals surface area contributed by atoms with Crippen LogP contribution in [0.4, 0.5) is 0 Å². The number of amides is 1. The lowest BCUT2D eigenvalue weighted by atomic mass is 9.47. The number of methoxy groups -OCH3 is 1. The van der Waals surface area contributed by atoms with Gasteiger partial charge in [-0.05, 0) is 86.0 Å². The first-order valence-corrected chi connectivity index (χ1v) is 13.3. The molecule has 1 saturated heterocycles. The van der Waals surface area contributed by atoms with E-state index in [9.17, 15) is 19.8 Å². The van der Waals surface area contributed by atoms with Crippen molar-refractivity contribution in [2.45, 2.75) is 89.9 Å². The van der Waals surface area contributed by atoms with Gasteiger partial charge in [-0.25, -0.2) is 4.79 Å². The molecule has 8 heteroatoms. The number of β-amino-alcohol motifs (C(OH)–C–C–N with tert-alkyl or cyclic N) is 1. The molecule has 0 aromatic carbocycles. The van der Waals surface area contributed by atoms with E-state index in [1.165, 1.54) is 30.4 Å². The fourth-order valence-electron chi connectivity index (χ4n) is 8.32. The number of carbonyl (C=O) groups excluding carboxylic acids is 2. The van der Waals surface area contributed by atoms with Crippen LogP contribution in [0.5, 0.6) is 0 Å². The van der Waals surface area contributed by atoms with E-state index >= 15 is 0 Å². The molecule has 2 N–H and O–H groups in total. The Hall–Kier alpha value is -1.93. The molecule has 4 aliphatic carbocycles. The van der Waals surface area contributed by atoms with Crippen LogP contribution in [0.1, 0.15) is 71.6 Å². The summed E-state index contributed by atoms with van der Waals surface area (Å²) in [6, 6.07) is -0.773. The van der Waals surface area contributed by atoms with E-state index in [1.54, 1.807) is 0 Å². The maximum absolute atomic E-state index is 12.6. The standard InChI is InChI=1S/C27H40N2O6/c1-26-10-8-17(28-35-15-24(32)29-14-18(30)13-22(29)25(33)34-3)12-16(26)4-5-19-20-6-7-23(31)27(20,2)11-9-21(19)26/h12,18-23,30-31H,4-11,13-15H2,1-3H3/b28-17-/t18-,19+,20+,21+,22-,23+,26+,27+/m1/s1.